The maximum atomic E-state index is 13.1. The lowest BCUT2D eigenvalue weighted by molar-refractivity contribution is -0.154. The molecule has 0 saturated heterocycles. The van der Waals surface area contributed by atoms with E-state index in [1.165, 1.54) is 12.1 Å². The predicted molar refractivity (Wildman–Crippen MR) is 60.6 cm³/mol. The van der Waals surface area contributed by atoms with Crippen LogP contribution in [0.5, 0.6) is 5.75 Å². The number of benzene rings is 1. The predicted octanol–water partition coefficient (Wildman–Crippen LogP) is 2.26. The summed E-state index contributed by atoms with van der Waals surface area (Å²) in [5.74, 6) is 0.183. The first-order chi connectivity index (χ1) is 8.11. The molecule has 0 N–H and O–H groups in total. The van der Waals surface area contributed by atoms with Crippen LogP contribution >= 0.6 is 0 Å². The van der Waals surface area contributed by atoms with E-state index in [9.17, 15) is 9.18 Å². The first-order valence-corrected chi connectivity index (χ1v) is 5.69. The third kappa shape index (κ3) is 2.47. The molecule has 17 heavy (non-hydrogen) atoms. The highest BCUT2D eigenvalue weighted by Crippen LogP contribution is 2.28. The first-order valence-electron chi connectivity index (χ1n) is 5.69. The van der Waals surface area contributed by atoms with Gasteiger partial charge in [-0.1, -0.05) is 6.07 Å². The number of Topliss-reactive ketones (excluding diaryl/α,β-unsaturated/α-hetero) is 1. The van der Waals surface area contributed by atoms with Crippen LogP contribution in [0.2, 0.25) is 0 Å². The maximum Gasteiger partial charge on any atom is 0.169 e. The van der Waals surface area contributed by atoms with E-state index in [-0.39, 0.29) is 17.7 Å². The van der Waals surface area contributed by atoms with Crippen molar-refractivity contribution in [1.82, 2.24) is 0 Å². The SMILES string of the molecule is CCOC1C(=O)CC1Oc1cc(F)ccc1C. The summed E-state index contributed by atoms with van der Waals surface area (Å²) in [4.78, 5) is 11.3. The fourth-order valence-electron chi connectivity index (χ4n) is 1.82. The van der Waals surface area contributed by atoms with Crippen LogP contribution in [0.25, 0.3) is 0 Å². The maximum absolute atomic E-state index is 13.1. The van der Waals surface area contributed by atoms with Crippen molar-refractivity contribution in [1.29, 1.82) is 0 Å². The van der Waals surface area contributed by atoms with E-state index < -0.39 is 6.10 Å². The van der Waals surface area contributed by atoms with Gasteiger partial charge in [0.25, 0.3) is 0 Å². The van der Waals surface area contributed by atoms with Crippen molar-refractivity contribution in [3.05, 3.63) is 29.6 Å². The molecule has 1 aliphatic carbocycles. The Labute approximate surface area is 99.5 Å². The highest BCUT2D eigenvalue weighted by molar-refractivity contribution is 5.90. The van der Waals surface area contributed by atoms with Crippen molar-refractivity contribution < 1.29 is 18.7 Å². The Morgan fingerprint density at radius 3 is 2.88 bits per heavy atom. The van der Waals surface area contributed by atoms with E-state index in [0.29, 0.717) is 18.8 Å². The highest BCUT2D eigenvalue weighted by Gasteiger charge is 2.42. The molecule has 0 heterocycles. The van der Waals surface area contributed by atoms with Gasteiger partial charge < -0.3 is 9.47 Å². The minimum atomic E-state index is -0.498. The van der Waals surface area contributed by atoms with Gasteiger partial charge in [0.05, 0.1) is 0 Å². The molecule has 1 fully saturated rings. The second-order valence-corrected chi connectivity index (χ2v) is 4.11. The molecule has 0 aliphatic heterocycles. The molecule has 3 nitrogen and oxygen atoms in total. The number of hydrogen-bond donors (Lipinski definition) is 0. The van der Waals surface area contributed by atoms with E-state index in [1.807, 2.05) is 13.8 Å². The summed E-state index contributed by atoms with van der Waals surface area (Å²) in [5, 5.41) is 0. The zero-order chi connectivity index (χ0) is 12.4. The highest BCUT2D eigenvalue weighted by atomic mass is 19.1. The normalized spacial score (nSPS) is 23.4. The van der Waals surface area contributed by atoms with E-state index in [4.69, 9.17) is 9.47 Å². The molecule has 2 unspecified atom stereocenters. The molecule has 2 rings (SSSR count). The minimum absolute atomic E-state index is 0.0471. The summed E-state index contributed by atoms with van der Waals surface area (Å²) in [6.07, 6.45) is -0.453. The number of carbonyl (C=O) groups excluding carboxylic acids is 1. The summed E-state index contributed by atoms with van der Waals surface area (Å²) in [6, 6.07) is 4.37. The molecule has 0 spiro atoms. The number of carbonyl (C=O) groups is 1. The third-order valence-corrected chi connectivity index (χ3v) is 2.83. The van der Waals surface area contributed by atoms with Crippen LogP contribution in [-0.2, 0) is 9.53 Å². The zero-order valence-electron chi connectivity index (χ0n) is 9.90. The Balaban J connectivity index is 2.06. The van der Waals surface area contributed by atoms with Gasteiger partial charge in [0.1, 0.15) is 17.7 Å². The molecule has 0 radical (unpaired) electrons. The van der Waals surface area contributed by atoms with Crippen LogP contribution < -0.4 is 4.74 Å². The molecular formula is C13H15FO3. The number of hydrogen-bond acceptors (Lipinski definition) is 3. The number of aryl methyl sites for hydroxylation is 1. The quantitative estimate of drug-likeness (QED) is 0.807. The molecule has 1 aromatic rings. The number of ketones is 1. The topological polar surface area (TPSA) is 35.5 Å². The lowest BCUT2D eigenvalue weighted by Crippen LogP contribution is -2.52. The number of ether oxygens (including phenoxy) is 2. The molecule has 1 aliphatic rings. The molecule has 4 heteroatoms. The largest absolute Gasteiger partial charge is 0.486 e. The van der Waals surface area contributed by atoms with Crippen molar-refractivity contribution in [3.63, 3.8) is 0 Å². The van der Waals surface area contributed by atoms with Gasteiger partial charge in [-0.2, -0.15) is 0 Å². The molecule has 1 aromatic carbocycles. The van der Waals surface area contributed by atoms with Crippen molar-refractivity contribution in [2.75, 3.05) is 6.61 Å². The summed E-state index contributed by atoms with van der Waals surface area (Å²) < 4.78 is 24.0. The fraction of sp³-hybridized carbons (Fsp3) is 0.462. The Kier molecular flexibility index (Phi) is 3.43. The van der Waals surface area contributed by atoms with Crippen molar-refractivity contribution in [2.24, 2.45) is 0 Å². The van der Waals surface area contributed by atoms with E-state index in [1.54, 1.807) is 6.07 Å². The van der Waals surface area contributed by atoms with Crippen LogP contribution in [0, 0.1) is 12.7 Å². The number of rotatable bonds is 4. The van der Waals surface area contributed by atoms with Crippen LogP contribution in [-0.4, -0.2) is 24.6 Å². The molecule has 92 valence electrons. The van der Waals surface area contributed by atoms with Crippen LogP contribution in [0.15, 0.2) is 18.2 Å². The third-order valence-electron chi connectivity index (χ3n) is 2.83. The standard InChI is InChI=1S/C13H15FO3/c1-3-16-13-10(15)7-12(13)17-11-6-9(14)5-4-8(11)2/h4-6,12-13H,3,7H2,1-2H3. The van der Waals surface area contributed by atoms with Crippen LogP contribution in [0.3, 0.4) is 0 Å². The van der Waals surface area contributed by atoms with Gasteiger partial charge in [-0.05, 0) is 25.5 Å². The average molecular weight is 238 g/mol. The van der Waals surface area contributed by atoms with Crippen LogP contribution in [0.4, 0.5) is 4.39 Å². The van der Waals surface area contributed by atoms with Gasteiger partial charge in [-0.15, -0.1) is 0 Å². The average Bonchev–Trinajstić information content (AvgIpc) is 2.30. The molecule has 0 aromatic heterocycles. The Morgan fingerprint density at radius 2 is 2.24 bits per heavy atom. The molecular weight excluding hydrogens is 223 g/mol. The van der Waals surface area contributed by atoms with Crippen molar-refractivity contribution in [3.8, 4) is 5.75 Å². The van der Waals surface area contributed by atoms with Gasteiger partial charge in [-0.25, -0.2) is 4.39 Å². The Morgan fingerprint density at radius 1 is 1.47 bits per heavy atom. The lowest BCUT2D eigenvalue weighted by Gasteiger charge is -2.34. The smallest absolute Gasteiger partial charge is 0.169 e. The van der Waals surface area contributed by atoms with Crippen molar-refractivity contribution >= 4 is 5.78 Å². The van der Waals surface area contributed by atoms with Gasteiger partial charge in [-0.3, -0.25) is 4.79 Å². The number of halogens is 1. The molecule has 0 amide bonds. The fourth-order valence-corrected chi connectivity index (χ4v) is 1.82. The Bertz CT molecular complexity index is 431. The second kappa shape index (κ2) is 4.84. The van der Waals surface area contributed by atoms with Gasteiger partial charge in [0, 0.05) is 19.1 Å². The van der Waals surface area contributed by atoms with E-state index in [0.717, 1.165) is 5.56 Å². The first kappa shape index (κ1) is 12.0. The summed E-state index contributed by atoms with van der Waals surface area (Å²) in [6.45, 7) is 4.14. The summed E-state index contributed by atoms with van der Waals surface area (Å²) in [5.41, 5.74) is 0.848. The lowest BCUT2D eigenvalue weighted by atomic mass is 9.90. The summed E-state index contributed by atoms with van der Waals surface area (Å²) in [7, 11) is 0. The van der Waals surface area contributed by atoms with E-state index >= 15 is 0 Å². The Hall–Kier alpha value is -1.42. The van der Waals surface area contributed by atoms with Crippen molar-refractivity contribution in [2.45, 2.75) is 32.5 Å². The van der Waals surface area contributed by atoms with E-state index in [2.05, 4.69) is 0 Å². The second-order valence-electron chi connectivity index (χ2n) is 4.11. The minimum Gasteiger partial charge on any atom is -0.486 e. The molecule has 2 atom stereocenters. The van der Waals surface area contributed by atoms with Gasteiger partial charge >= 0.3 is 0 Å². The summed E-state index contributed by atoms with van der Waals surface area (Å²) >= 11 is 0. The van der Waals surface area contributed by atoms with Gasteiger partial charge in [0.15, 0.2) is 11.9 Å². The molecule has 0 bridgehead atoms. The monoisotopic (exact) mass is 238 g/mol. The zero-order valence-corrected chi connectivity index (χ0v) is 9.90. The van der Waals surface area contributed by atoms with Gasteiger partial charge in [0.2, 0.25) is 0 Å². The van der Waals surface area contributed by atoms with Crippen LogP contribution in [0.1, 0.15) is 18.9 Å². The molecule has 1 saturated carbocycles.